The number of nitrogens with zero attached hydrogens (tertiary/aromatic N) is 3. The molecule has 0 amide bonds. The predicted molar refractivity (Wildman–Crippen MR) is 137 cm³/mol. The highest BCUT2D eigenvalue weighted by molar-refractivity contribution is 8.00. The normalized spacial score (nSPS) is 13.3. The molecular weight excluding hydrogens is 466 g/mol. The molecule has 0 fully saturated rings. The molecule has 6 nitrogen and oxygen atoms in total. The molecule has 5 rings (SSSR count). The molecule has 1 aromatic heterocycles. The Morgan fingerprint density at radius 2 is 1.71 bits per heavy atom. The summed E-state index contributed by atoms with van der Waals surface area (Å²) in [6.07, 6.45) is 0.611. The van der Waals surface area contributed by atoms with Gasteiger partial charge in [-0.3, -0.25) is 9.10 Å². The number of hydrogen-bond acceptors (Lipinski definition) is 6. The highest BCUT2D eigenvalue weighted by atomic mass is 32.2. The van der Waals surface area contributed by atoms with Gasteiger partial charge in [0.25, 0.3) is 0 Å². The van der Waals surface area contributed by atoms with Gasteiger partial charge >= 0.3 is 0 Å². The second-order valence-corrected chi connectivity index (χ2v) is 11.2. The summed E-state index contributed by atoms with van der Waals surface area (Å²) in [6.45, 7) is 2.06. The summed E-state index contributed by atoms with van der Waals surface area (Å²) >= 11 is 1.37. The lowest BCUT2D eigenvalue weighted by Gasteiger charge is -2.18. The van der Waals surface area contributed by atoms with Crippen molar-refractivity contribution in [2.45, 2.75) is 18.4 Å². The number of sulfonamides is 1. The van der Waals surface area contributed by atoms with Gasteiger partial charge in [0.15, 0.2) is 5.78 Å². The van der Waals surface area contributed by atoms with Crippen LogP contribution in [0.1, 0.15) is 22.8 Å². The summed E-state index contributed by atoms with van der Waals surface area (Å²) in [5, 5.41) is 11.6. The summed E-state index contributed by atoms with van der Waals surface area (Å²) in [6, 6.07) is 23.2. The van der Waals surface area contributed by atoms with Crippen LogP contribution in [0, 0.1) is 0 Å². The van der Waals surface area contributed by atoms with Crippen molar-refractivity contribution in [2.75, 3.05) is 22.4 Å². The van der Waals surface area contributed by atoms with E-state index < -0.39 is 10.0 Å². The minimum Gasteiger partial charge on any atom is -0.293 e. The molecule has 172 valence electrons. The Morgan fingerprint density at radius 3 is 2.47 bits per heavy atom. The van der Waals surface area contributed by atoms with Gasteiger partial charge in [-0.1, -0.05) is 66.4 Å². The Morgan fingerprint density at radius 1 is 0.971 bits per heavy atom. The number of Topliss-reactive ketones (excluding diaryl/α,β-unsaturated/α-hetero) is 1. The number of ketones is 1. The Hall–Kier alpha value is -3.23. The van der Waals surface area contributed by atoms with Crippen LogP contribution in [0.25, 0.3) is 22.0 Å². The van der Waals surface area contributed by atoms with E-state index in [0.717, 1.165) is 27.6 Å². The molecule has 0 aliphatic carbocycles. The number of benzene rings is 3. The Labute approximate surface area is 203 Å². The highest BCUT2D eigenvalue weighted by Gasteiger charge is 2.28. The molecular formula is C26H23N3O3S2. The third-order valence-corrected chi connectivity index (χ3v) is 8.76. The fraction of sp³-hybridized carbons (Fsp3) is 0.192. The van der Waals surface area contributed by atoms with Crippen LogP contribution < -0.4 is 4.31 Å². The number of anilines is 1. The molecule has 1 aliphatic rings. The molecule has 0 atom stereocenters. The molecule has 0 saturated heterocycles. The van der Waals surface area contributed by atoms with Gasteiger partial charge < -0.3 is 0 Å². The minimum absolute atomic E-state index is 0.0254. The number of carbonyl (C=O) groups is 1. The van der Waals surface area contributed by atoms with E-state index in [-0.39, 0.29) is 17.3 Å². The van der Waals surface area contributed by atoms with Gasteiger partial charge in [0.05, 0.1) is 17.2 Å². The van der Waals surface area contributed by atoms with Gasteiger partial charge in [0.2, 0.25) is 10.0 Å². The number of rotatable bonds is 7. The van der Waals surface area contributed by atoms with Crippen molar-refractivity contribution in [3.05, 3.63) is 83.9 Å². The van der Waals surface area contributed by atoms with Crippen LogP contribution in [0.5, 0.6) is 0 Å². The number of thioether (sulfide) groups is 1. The summed E-state index contributed by atoms with van der Waals surface area (Å²) in [4.78, 5) is 13.0. The maximum Gasteiger partial charge on any atom is 0.234 e. The average Bonchev–Trinajstić information content (AvgIpc) is 3.32. The number of hydrogen-bond donors (Lipinski definition) is 0. The number of aromatic nitrogens is 2. The molecule has 0 bridgehead atoms. The zero-order valence-electron chi connectivity index (χ0n) is 18.6. The first kappa shape index (κ1) is 22.6. The smallest absolute Gasteiger partial charge is 0.234 e. The van der Waals surface area contributed by atoms with E-state index in [1.807, 2.05) is 60.7 Å². The molecule has 0 unspecified atom stereocenters. The highest BCUT2D eigenvalue weighted by Crippen LogP contribution is 2.34. The third kappa shape index (κ3) is 4.19. The van der Waals surface area contributed by atoms with Crippen molar-refractivity contribution >= 4 is 44.0 Å². The van der Waals surface area contributed by atoms with E-state index in [4.69, 9.17) is 0 Å². The Kier molecular flexibility index (Phi) is 6.10. The standard InChI is InChI=1S/C26H23N3O3S2/c1-2-34(31,32)29-15-14-19-16-20(12-13-23(19)29)24(30)17-33-26-22-11-7-6-10-21(22)25(27-28-26)18-8-4-3-5-9-18/h3-13,16H,2,14-15,17H2,1H3. The van der Waals surface area contributed by atoms with Gasteiger partial charge in [-0.25, -0.2) is 8.42 Å². The van der Waals surface area contributed by atoms with Gasteiger partial charge in [-0.2, -0.15) is 0 Å². The maximum absolute atomic E-state index is 13.0. The summed E-state index contributed by atoms with van der Waals surface area (Å²) < 4.78 is 26.1. The van der Waals surface area contributed by atoms with Crippen molar-refractivity contribution in [1.82, 2.24) is 10.2 Å². The molecule has 8 heteroatoms. The fourth-order valence-corrected chi connectivity index (χ4v) is 6.23. The number of fused-ring (bicyclic) bond motifs is 2. The van der Waals surface area contributed by atoms with Gasteiger partial charge in [-0.05, 0) is 37.1 Å². The van der Waals surface area contributed by atoms with E-state index in [1.165, 1.54) is 16.1 Å². The Balaban J connectivity index is 1.37. The molecule has 0 spiro atoms. The van der Waals surface area contributed by atoms with Crippen LogP contribution in [-0.4, -0.2) is 42.4 Å². The molecule has 0 N–H and O–H groups in total. The third-order valence-electron chi connectivity index (χ3n) is 6.00. The lowest BCUT2D eigenvalue weighted by molar-refractivity contribution is 0.102. The summed E-state index contributed by atoms with van der Waals surface area (Å²) in [5.74, 6) is 0.253. The van der Waals surface area contributed by atoms with Gasteiger partial charge in [0.1, 0.15) is 10.7 Å². The lowest BCUT2D eigenvalue weighted by Crippen LogP contribution is -2.30. The first-order valence-electron chi connectivity index (χ1n) is 11.1. The van der Waals surface area contributed by atoms with Gasteiger partial charge in [0, 0.05) is 28.4 Å². The largest absolute Gasteiger partial charge is 0.293 e. The van der Waals surface area contributed by atoms with E-state index in [2.05, 4.69) is 10.2 Å². The van der Waals surface area contributed by atoms with Crippen LogP contribution in [0.15, 0.2) is 77.8 Å². The molecule has 34 heavy (non-hydrogen) atoms. The molecule has 3 aromatic carbocycles. The second-order valence-electron chi connectivity index (χ2n) is 8.04. The lowest BCUT2D eigenvalue weighted by atomic mass is 10.1. The van der Waals surface area contributed by atoms with Crippen LogP contribution in [-0.2, 0) is 16.4 Å². The zero-order chi connectivity index (χ0) is 23.7. The summed E-state index contributed by atoms with van der Waals surface area (Å²) in [5.41, 5.74) is 3.97. The summed E-state index contributed by atoms with van der Waals surface area (Å²) in [7, 11) is -3.31. The Bertz CT molecular complexity index is 1490. The topological polar surface area (TPSA) is 80.2 Å². The quantitative estimate of drug-likeness (QED) is 0.269. The number of carbonyl (C=O) groups excluding carboxylic acids is 1. The molecule has 4 aromatic rings. The average molecular weight is 490 g/mol. The zero-order valence-corrected chi connectivity index (χ0v) is 20.3. The van der Waals surface area contributed by atoms with Crippen LogP contribution in [0.4, 0.5) is 5.69 Å². The van der Waals surface area contributed by atoms with Crippen LogP contribution in [0.3, 0.4) is 0 Å². The monoisotopic (exact) mass is 489 g/mol. The van der Waals surface area contributed by atoms with Crippen molar-refractivity contribution in [3.8, 4) is 11.3 Å². The second kappa shape index (κ2) is 9.19. The molecule has 2 heterocycles. The van der Waals surface area contributed by atoms with E-state index in [0.29, 0.717) is 29.2 Å². The minimum atomic E-state index is -3.31. The first-order valence-corrected chi connectivity index (χ1v) is 13.7. The van der Waals surface area contributed by atoms with Crippen molar-refractivity contribution in [2.24, 2.45) is 0 Å². The van der Waals surface area contributed by atoms with E-state index in [9.17, 15) is 13.2 Å². The maximum atomic E-state index is 13.0. The van der Waals surface area contributed by atoms with Crippen molar-refractivity contribution in [1.29, 1.82) is 0 Å². The predicted octanol–water partition coefficient (Wildman–Crippen LogP) is 4.98. The molecule has 0 radical (unpaired) electrons. The van der Waals surface area contributed by atoms with Crippen LogP contribution >= 0.6 is 11.8 Å². The van der Waals surface area contributed by atoms with Crippen molar-refractivity contribution < 1.29 is 13.2 Å². The van der Waals surface area contributed by atoms with Crippen LogP contribution in [0.2, 0.25) is 0 Å². The van der Waals surface area contributed by atoms with E-state index in [1.54, 1.807) is 19.1 Å². The molecule has 1 aliphatic heterocycles. The van der Waals surface area contributed by atoms with Crippen molar-refractivity contribution in [3.63, 3.8) is 0 Å². The molecule has 0 saturated carbocycles. The SMILES string of the molecule is CCS(=O)(=O)N1CCc2cc(C(=O)CSc3nnc(-c4ccccc4)c4ccccc34)ccc21. The van der Waals surface area contributed by atoms with Gasteiger partial charge in [-0.15, -0.1) is 10.2 Å². The first-order chi connectivity index (χ1) is 16.5. The fourth-order valence-electron chi connectivity index (χ4n) is 4.20. The van der Waals surface area contributed by atoms with E-state index >= 15 is 0 Å².